The zero-order valence-corrected chi connectivity index (χ0v) is 18.0. The number of oxazole rings is 1. The standard InChI is InChI=1S/C23H22N4O2S/c1-13-11-14(2)24-20-19(13)21(28)26-23(27(20)17-9-10-17)30-12-18-15(3)29-22(25-18)16-7-5-4-6-8-16/h4-8,11,17H,9-10,12H2,1-3H3. The molecule has 6 nitrogen and oxygen atoms in total. The molecule has 0 atom stereocenters. The highest BCUT2D eigenvalue weighted by Gasteiger charge is 2.29. The lowest BCUT2D eigenvalue weighted by atomic mass is 10.2. The summed E-state index contributed by atoms with van der Waals surface area (Å²) in [5.41, 5.74) is 4.20. The highest BCUT2D eigenvalue weighted by atomic mass is 32.2. The van der Waals surface area contributed by atoms with E-state index in [9.17, 15) is 4.79 Å². The molecule has 1 aliphatic rings. The van der Waals surface area contributed by atoms with Gasteiger partial charge in [-0.05, 0) is 57.4 Å². The molecular weight excluding hydrogens is 396 g/mol. The van der Waals surface area contributed by atoms with E-state index in [2.05, 4.69) is 14.5 Å². The summed E-state index contributed by atoms with van der Waals surface area (Å²) in [5, 5.41) is 1.33. The van der Waals surface area contributed by atoms with Crippen molar-refractivity contribution in [3.05, 3.63) is 69.5 Å². The van der Waals surface area contributed by atoms with Crippen LogP contribution in [-0.2, 0) is 5.75 Å². The molecule has 0 radical (unpaired) electrons. The van der Waals surface area contributed by atoms with E-state index in [1.165, 1.54) is 11.8 Å². The molecule has 3 aromatic heterocycles. The topological polar surface area (TPSA) is 73.8 Å². The molecule has 1 aromatic carbocycles. The number of aromatic nitrogens is 4. The lowest BCUT2D eigenvalue weighted by Gasteiger charge is -2.15. The van der Waals surface area contributed by atoms with Crippen LogP contribution in [0.15, 0.2) is 50.8 Å². The summed E-state index contributed by atoms with van der Waals surface area (Å²) < 4.78 is 8.03. The summed E-state index contributed by atoms with van der Waals surface area (Å²) in [6.45, 7) is 5.84. The number of fused-ring (bicyclic) bond motifs is 1. The van der Waals surface area contributed by atoms with Crippen molar-refractivity contribution < 1.29 is 4.42 Å². The van der Waals surface area contributed by atoms with Gasteiger partial charge in [-0.25, -0.2) is 9.97 Å². The van der Waals surface area contributed by atoms with Crippen LogP contribution in [0.1, 0.15) is 41.6 Å². The molecule has 0 bridgehead atoms. The molecule has 0 unspecified atom stereocenters. The average Bonchev–Trinajstić information content (AvgIpc) is 3.48. The number of rotatable bonds is 5. The van der Waals surface area contributed by atoms with E-state index in [1.54, 1.807) is 0 Å². The first-order valence-corrected chi connectivity index (χ1v) is 11.0. The van der Waals surface area contributed by atoms with E-state index in [-0.39, 0.29) is 5.56 Å². The Morgan fingerprint density at radius 2 is 1.87 bits per heavy atom. The average molecular weight is 419 g/mol. The van der Waals surface area contributed by atoms with Gasteiger partial charge in [-0.15, -0.1) is 0 Å². The Kier molecular flexibility index (Phi) is 4.70. The second-order valence-electron chi connectivity index (χ2n) is 7.76. The monoisotopic (exact) mass is 418 g/mol. The van der Waals surface area contributed by atoms with Crippen molar-refractivity contribution in [1.29, 1.82) is 0 Å². The van der Waals surface area contributed by atoms with E-state index >= 15 is 0 Å². The van der Waals surface area contributed by atoms with E-state index in [0.29, 0.717) is 28.2 Å². The molecule has 3 heterocycles. The molecule has 1 fully saturated rings. The van der Waals surface area contributed by atoms with Crippen LogP contribution in [0.2, 0.25) is 0 Å². The summed E-state index contributed by atoms with van der Waals surface area (Å²) in [4.78, 5) is 26.6. The summed E-state index contributed by atoms with van der Waals surface area (Å²) >= 11 is 1.52. The van der Waals surface area contributed by atoms with Gasteiger partial charge in [0.2, 0.25) is 5.89 Å². The molecule has 5 rings (SSSR count). The predicted octanol–water partition coefficient (Wildman–Crippen LogP) is 5.00. The minimum Gasteiger partial charge on any atom is -0.441 e. The van der Waals surface area contributed by atoms with Gasteiger partial charge in [0.15, 0.2) is 5.16 Å². The van der Waals surface area contributed by atoms with Crippen molar-refractivity contribution in [3.8, 4) is 11.5 Å². The summed E-state index contributed by atoms with van der Waals surface area (Å²) in [7, 11) is 0. The van der Waals surface area contributed by atoms with E-state index < -0.39 is 0 Å². The molecule has 0 saturated heterocycles. The Hall–Kier alpha value is -2.93. The van der Waals surface area contributed by atoms with Crippen LogP contribution in [0.3, 0.4) is 0 Å². The third kappa shape index (κ3) is 3.43. The van der Waals surface area contributed by atoms with Crippen molar-refractivity contribution >= 4 is 22.8 Å². The van der Waals surface area contributed by atoms with Crippen molar-refractivity contribution in [2.24, 2.45) is 0 Å². The molecule has 1 saturated carbocycles. The Balaban J connectivity index is 1.52. The lowest BCUT2D eigenvalue weighted by Crippen LogP contribution is -2.18. The number of nitrogens with zero attached hydrogens (tertiary/aromatic N) is 4. The van der Waals surface area contributed by atoms with E-state index in [0.717, 1.165) is 46.8 Å². The highest BCUT2D eigenvalue weighted by molar-refractivity contribution is 7.98. The van der Waals surface area contributed by atoms with Crippen LogP contribution in [0, 0.1) is 20.8 Å². The fourth-order valence-electron chi connectivity index (χ4n) is 3.71. The second-order valence-corrected chi connectivity index (χ2v) is 8.70. The normalized spacial score (nSPS) is 13.8. The third-order valence-corrected chi connectivity index (χ3v) is 6.30. The highest BCUT2D eigenvalue weighted by Crippen LogP contribution is 2.40. The number of pyridine rings is 1. The van der Waals surface area contributed by atoms with Crippen LogP contribution in [0.25, 0.3) is 22.5 Å². The van der Waals surface area contributed by atoms with Crippen molar-refractivity contribution in [2.75, 3.05) is 0 Å². The van der Waals surface area contributed by atoms with E-state index in [4.69, 9.17) is 9.40 Å². The van der Waals surface area contributed by atoms with Crippen molar-refractivity contribution in [1.82, 2.24) is 19.5 Å². The number of benzene rings is 1. The first-order chi connectivity index (χ1) is 14.5. The fraction of sp³-hybridized carbons (Fsp3) is 0.304. The van der Waals surface area contributed by atoms with Crippen LogP contribution >= 0.6 is 11.8 Å². The summed E-state index contributed by atoms with van der Waals surface area (Å²) in [6.07, 6.45) is 2.17. The lowest BCUT2D eigenvalue weighted by molar-refractivity contribution is 0.540. The van der Waals surface area contributed by atoms with Gasteiger partial charge in [-0.3, -0.25) is 4.79 Å². The fourth-order valence-corrected chi connectivity index (χ4v) is 4.76. The van der Waals surface area contributed by atoms with Crippen LogP contribution in [-0.4, -0.2) is 19.5 Å². The van der Waals surface area contributed by atoms with E-state index in [1.807, 2.05) is 57.2 Å². The molecule has 7 heteroatoms. The number of hydrogen-bond acceptors (Lipinski definition) is 6. The van der Waals surface area contributed by atoms with Gasteiger partial charge in [0.25, 0.3) is 5.56 Å². The first kappa shape index (κ1) is 19.1. The van der Waals surface area contributed by atoms with Gasteiger partial charge >= 0.3 is 0 Å². The second kappa shape index (κ2) is 7.40. The van der Waals surface area contributed by atoms with Gasteiger partial charge in [0.1, 0.15) is 11.4 Å². The van der Waals surface area contributed by atoms with Crippen LogP contribution in [0.4, 0.5) is 0 Å². The number of hydrogen-bond donors (Lipinski definition) is 0. The molecular formula is C23H22N4O2S. The molecule has 0 spiro atoms. The van der Waals surface area contributed by atoms with Crippen molar-refractivity contribution in [3.63, 3.8) is 0 Å². The Labute approximate surface area is 178 Å². The smallest absolute Gasteiger partial charge is 0.283 e. The Morgan fingerprint density at radius 3 is 2.60 bits per heavy atom. The number of thioether (sulfide) groups is 1. The zero-order valence-electron chi connectivity index (χ0n) is 17.2. The summed E-state index contributed by atoms with van der Waals surface area (Å²) in [6, 6.07) is 12.2. The van der Waals surface area contributed by atoms with Gasteiger partial charge < -0.3 is 8.98 Å². The SMILES string of the molecule is Cc1cc(C)c2c(=O)nc(SCc3nc(-c4ccccc4)oc3C)n(C3CC3)c2n1. The van der Waals surface area contributed by atoms with Gasteiger partial charge in [0, 0.05) is 23.1 Å². The van der Waals surface area contributed by atoms with Gasteiger partial charge in [0.05, 0.1) is 11.1 Å². The number of aryl methyl sites for hydroxylation is 3. The van der Waals surface area contributed by atoms with Gasteiger partial charge in [-0.2, -0.15) is 4.98 Å². The minimum atomic E-state index is -0.212. The largest absolute Gasteiger partial charge is 0.441 e. The molecule has 0 amide bonds. The van der Waals surface area contributed by atoms with Crippen LogP contribution < -0.4 is 5.56 Å². The summed E-state index contributed by atoms with van der Waals surface area (Å²) in [5.74, 6) is 1.98. The maximum absolute atomic E-state index is 12.8. The van der Waals surface area contributed by atoms with Crippen molar-refractivity contribution in [2.45, 2.75) is 50.6 Å². The Bertz CT molecular complexity index is 1310. The predicted molar refractivity (Wildman–Crippen MR) is 118 cm³/mol. The molecule has 4 aromatic rings. The van der Waals surface area contributed by atoms with Gasteiger partial charge in [-0.1, -0.05) is 30.0 Å². The van der Waals surface area contributed by atoms with Crippen LogP contribution in [0.5, 0.6) is 0 Å². The Morgan fingerprint density at radius 1 is 1.10 bits per heavy atom. The molecule has 0 N–H and O–H groups in total. The zero-order chi connectivity index (χ0) is 20.8. The molecule has 30 heavy (non-hydrogen) atoms. The molecule has 1 aliphatic carbocycles. The molecule has 152 valence electrons. The maximum atomic E-state index is 12.8. The maximum Gasteiger partial charge on any atom is 0.283 e. The quantitative estimate of drug-likeness (QED) is 0.335. The molecule has 0 aliphatic heterocycles. The third-order valence-electron chi connectivity index (χ3n) is 5.33. The first-order valence-electron chi connectivity index (χ1n) is 10.1. The minimum absolute atomic E-state index is 0.212.